The number of piperidine rings is 1. The molecule has 8 nitrogen and oxygen atoms in total. The molecule has 2 aromatic carbocycles. The lowest BCUT2D eigenvalue weighted by atomic mass is 10.0. The second-order valence-corrected chi connectivity index (χ2v) is 10.2. The van der Waals surface area contributed by atoms with E-state index in [0.717, 1.165) is 60.6 Å². The van der Waals surface area contributed by atoms with E-state index in [9.17, 15) is 14.0 Å². The Bertz CT molecular complexity index is 1570. The molecule has 0 saturated carbocycles. The van der Waals surface area contributed by atoms with Crippen LogP contribution in [0.4, 0.5) is 20.7 Å². The highest BCUT2D eigenvalue weighted by Crippen LogP contribution is 2.29. The number of halogens is 1. The number of nitrogens with one attached hydrogen (secondary N) is 1. The Balaban J connectivity index is 1.14. The smallest absolute Gasteiger partial charge is 0.322 e. The van der Waals surface area contributed by atoms with E-state index in [4.69, 9.17) is 4.74 Å². The first kappa shape index (κ1) is 24.9. The van der Waals surface area contributed by atoms with Crippen LogP contribution in [0, 0.1) is 5.82 Å². The summed E-state index contributed by atoms with van der Waals surface area (Å²) in [5, 5.41) is 3.78. The van der Waals surface area contributed by atoms with Crippen LogP contribution in [0.3, 0.4) is 0 Å². The third-order valence-corrected chi connectivity index (χ3v) is 7.87. The molecule has 2 aromatic heterocycles. The maximum absolute atomic E-state index is 13.7. The summed E-state index contributed by atoms with van der Waals surface area (Å²) < 4.78 is 20.9. The van der Waals surface area contributed by atoms with Crippen molar-refractivity contribution in [2.75, 3.05) is 37.0 Å². The normalized spacial score (nSPS) is 16.1. The van der Waals surface area contributed by atoms with Gasteiger partial charge in [0.05, 0.1) is 12.6 Å². The summed E-state index contributed by atoms with van der Waals surface area (Å²) in [6.45, 7) is 2.11. The minimum Gasteiger partial charge on any atom is -0.497 e. The first-order valence-corrected chi connectivity index (χ1v) is 13.2. The molecular formula is C30H30FN5O3. The second-order valence-electron chi connectivity index (χ2n) is 10.2. The molecule has 0 atom stereocenters. The average Bonchev–Trinajstić information content (AvgIpc) is 3.18. The molecule has 200 valence electrons. The lowest BCUT2D eigenvalue weighted by Gasteiger charge is -2.38. The second kappa shape index (κ2) is 10.1. The van der Waals surface area contributed by atoms with Crippen molar-refractivity contribution in [3.8, 4) is 5.75 Å². The number of methoxy groups -OCH3 is 1. The fraction of sp³-hybridized carbons (Fsp3) is 0.300. The molecule has 0 radical (unpaired) electrons. The fourth-order valence-electron chi connectivity index (χ4n) is 5.74. The molecule has 39 heavy (non-hydrogen) atoms. The molecule has 1 fully saturated rings. The van der Waals surface area contributed by atoms with Gasteiger partial charge in [0, 0.05) is 67.3 Å². The van der Waals surface area contributed by atoms with Crippen LogP contribution in [0.15, 0.2) is 60.9 Å². The van der Waals surface area contributed by atoms with Crippen molar-refractivity contribution in [1.29, 1.82) is 0 Å². The monoisotopic (exact) mass is 527 g/mol. The Kier molecular flexibility index (Phi) is 6.42. The Morgan fingerprint density at radius 3 is 2.69 bits per heavy atom. The summed E-state index contributed by atoms with van der Waals surface area (Å²) in [7, 11) is 3.45. The number of carbonyl (C=O) groups is 2. The van der Waals surface area contributed by atoms with Gasteiger partial charge in [0.25, 0.3) is 0 Å². The Hall–Kier alpha value is -4.40. The molecule has 0 aliphatic carbocycles. The van der Waals surface area contributed by atoms with Gasteiger partial charge in [0.1, 0.15) is 17.4 Å². The average molecular weight is 528 g/mol. The van der Waals surface area contributed by atoms with Crippen LogP contribution in [0.5, 0.6) is 5.75 Å². The number of ether oxygens (including phenoxy) is 1. The SMILES string of the molecule is COc1ccc2c(c1)CCN(C1CCN(c3cc(C(=O)c4cn(C)c5cc(F)ccc45)ccn3)CC1)C(=O)N2. The van der Waals surface area contributed by atoms with Gasteiger partial charge in [0.2, 0.25) is 0 Å². The van der Waals surface area contributed by atoms with E-state index in [1.165, 1.54) is 12.1 Å². The predicted molar refractivity (Wildman–Crippen MR) is 148 cm³/mol. The molecule has 4 aromatic rings. The van der Waals surface area contributed by atoms with Gasteiger partial charge >= 0.3 is 6.03 Å². The third-order valence-electron chi connectivity index (χ3n) is 7.87. The molecule has 4 heterocycles. The number of benzene rings is 2. The number of urea groups is 1. The number of ketones is 1. The Labute approximate surface area is 226 Å². The van der Waals surface area contributed by atoms with E-state index in [-0.39, 0.29) is 23.7 Å². The largest absolute Gasteiger partial charge is 0.497 e. The molecule has 9 heteroatoms. The van der Waals surface area contributed by atoms with E-state index in [1.54, 1.807) is 43.3 Å². The van der Waals surface area contributed by atoms with Crippen LogP contribution < -0.4 is 15.0 Å². The number of pyridine rings is 1. The van der Waals surface area contributed by atoms with Crippen LogP contribution >= 0.6 is 0 Å². The molecule has 2 aliphatic heterocycles. The molecule has 1 N–H and O–H groups in total. The Morgan fingerprint density at radius 1 is 1.08 bits per heavy atom. The summed E-state index contributed by atoms with van der Waals surface area (Å²) in [6, 6.07) is 13.8. The van der Waals surface area contributed by atoms with Crippen molar-refractivity contribution in [1.82, 2.24) is 14.5 Å². The van der Waals surface area contributed by atoms with Gasteiger partial charge in [-0.15, -0.1) is 0 Å². The molecular weight excluding hydrogens is 497 g/mol. The predicted octanol–water partition coefficient (Wildman–Crippen LogP) is 5.01. The number of anilines is 2. The van der Waals surface area contributed by atoms with E-state index in [1.807, 2.05) is 29.2 Å². The van der Waals surface area contributed by atoms with Crippen LogP contribution in [0.1, 0.15) is 34.3 Å². The molecule has 1 saturated heterocycles. The number of amides is 2. The minimum atomic E-state index is -0.334. The zero-order valence-electron chi connectivity index (χ0n) is 22.0. The first-order chi connectivity index (χ1) is 18.9. The molecule has 0 unspecified atom stereocenters. The zero-order chi connectivity index (χ0) is 27.1. The summed E-state index contributed by atoms with van der Waals surface area (Å²) in [5.74, 6) is 1.07. The topological polar surface area (TPSA) is 79.7 Å². The van der Waals surface area contributed by atoms with Crippen molar-refractivity contribution < 1.29 is 18.7 Å². The highest BCUT2D eigenvalue weighted by molar-refractivity contribution is 6.16. The van der Waals surface area contributed by atoms with Crippen molar-refractivity contribution in [2.45, 2.75) is 25.3 Å². The molecule has 2 amide bonds. The lowest BCUT2D eigenvalue weighted by molar-refractivity contribution is 0.104. The first-order valence-electron chi connectivity index (χ1n) is 13.2. The number of hydrogen-bond donors (Lipinski definition) is 1. The summed E-state index contributed by atoms with van der Waals surface area (Å²) in [5.41, 5.74) is 3.66. The quantitative estimate of drug-likeness (QED) is 0.369. The summed E-state index contributed by atoms with van der Waals surface area (Å²) in [4.78, 5) is 35.1. The standard InChI is InChI=1S/C30H30FN5O3/c1-34-18-25(24-5-3-21(31)17-27(24)34)29(37)20-7-11-32-28(16-20)35-12-9-22(10-13-35)36-14-8-19-15-23(39-2)4-6-26(19)33-30(36)38/h3-7,11,15-18,22H,8-10,12-14H2,1-2H3,(H,33,38). The van der Waals surface area contributed by atoms with Crippen LogP contribution in [0.2, 0.25) is 0 Å². The molecule has 0 spiro atoms. The van der Waals surface area contributed by atoms with Crippen LogP contribution in [-0.2, 0) is 13.5 Å². The van der Waals surface area contributed by atoms with Crippen molar-refractivity contribution >= 4 is 34.2 Å². The van der Waals surface area contributed by atoms with Crippen molar-refractivity contribution in [2.24, 2.45) is 7.05 Å². The highest BCUT2D eigenvalue weighted by atomic mass is 19.1. The molecule has 6 rings (SSSR count). The van der Waals surface area contributed by atoms with Gasteiger partial charge in [-0.25, -0.2) is 14.2 Å². The van der Waals surface area contributed by atoms with Gasteiger partial charge in [-0.2, -0.15) is 0 Å². The number of aromatic nitrogens is 2. The van der Waals surface area contributed by atoms with Crippen LogP contribution in [0.25, 0.3) is 10.9 Å². The van der Waals surface area contributed by atoms with Crippen molar-refractivity contribution in [3.05, 3.63) is 83.4 Å². The van der Waals surface area contributed by atoms with Gasteiger partial charge in [-0.05, 0) is 73.4 Å². The number of rotatable bonds is 5. The summed E-state index contributed by atoms with van der Waals surface area (Å²) >= 11 is 0. The third kappa shape index (κ3) is 4.69. The number of hydrogen-bond acceptors (Lipinski definition) is 5. The minimum absolute atomic E-state index is 0.0712. The van der Waals surface area contributed by atoms with Crippen molar-refractivity contribution in [3.63, 3.8) is 0 Å². The van der Waals surface area contributed by atoms with Gasteiger partial charge in [-0.1, -0.05) is 0 Å². The van der Waals surface area contributed by atoms with E-state index in [0.29, 0.717) is 23.2 Å². The van der Waals surface area contributed by atoms with Gasteiger partial charge < -0.3 is 24.4 Å². The van der Waals surface area contributed by atoms with E-state index in [2.05, 4.69) is 15.2 Å². The zero-order valence-corrected chi connectivity index (χ0v) is 22.0. The fourth-order valence-corrected chi connectivity index (χ4v) is 5.74. The highest BCUT2D eigenvalue weighted by Gasteiger charge is 2.31. The number of fused-ring (bicyclic) bond motifs is 2. The van der Waals surface area contributed by atoms with E-state index >= 15 is 0 Å². The lowest BCUT2D eigenvalue weighted by Crippen LogP contribution is -2.49. The summed E-state index contributed by atoms with van der Waals surface area (Å²) in [6.07, 6.45) is 5.79. The van der Waals surface area contributed by atoms with Gasteiger partial charge in [-0.3, -0.25) is 4.79 Å². The number of carbonyl (C=O) groups excluding carboxylic acids is 2. The van der Waals surface area contributed by atoms with Gasteiger partial charge in [0.15, 0.2) is 5.78 Å². The van der Waals surface area contributed by atoms with E-state index < -0.39 is 0 Å². The maximum Gasteiger partial charge on any atom is 0.322 e. The number of nitrogens with zero attached hydrogens (tertiary/aromatic N) is 4. The van der Waals surface area contributed by atoms with Crippen LogP contribution in [-0.4, -0.2) is 59.1 Å². The molecule has 0 bridgehead atoms. The maximum atomic E-state index is 13.7. The number of aryl methyl sites for hydroxylation is 1. The Morgan fingerprint density at radius 2 is 1.90 bits per heavy atom. The molecule has 2 aliphatic rings.